The van der Waals surface area contributed by atoms with E-state index in [1.165, 1.54) is 24.5 Å². The molecule has 0 aliphatic heterocycles. The molecular weight excluding hydrogens is 320 g/mol. The summed E-state index contributed by atoms with van der Waals surface area (Å²) in [5.74, 6) is -3.18. The van der Waals surface area contributed by atoms with Crippen molar-refractivity contribution >= 4 is 11.9 Å². The van der Waals surface area contributed by atoms with Gasteiger partial charge in [-0.1, -0.05) is 12.1 Å². The second kappa shape index (κ2) is 6.31. The number of halogens is 2. The number of amides is 1. The van der Waals surface area contributed by atoms with Gasteiger partial charge < -0.3 is 10.4 Å². The standard InChI is InChI=1S/C16H13F2N3O3/c17-10-3-1-2-8(12(10)18)9-4-5-11(22)14-15(20-7-6-19-14)13(9)21-16(23)24/h1-3,6-7,9,13,21H,4-5H2,(H,23,24)/t9-,13+/m1/s1. The molecule has 124 valence electrons. The van der Waals surface area contributed by atoms with Crippen LogP contribution < -0.4 is 5.32 Å². The molecule has 8 heteroatoms. The maximum absolute atomic E-state index is 14.2. The van der Waals surface area contributed by atoms with Gasteiger partial charge in [0.2, 0.25) is 0 Å². The Morgan fingerprint density at radius 3 is 2.75 bits per heavy atom. The van der Waals surface area contributed by atoms with Crippen molar-refractivity contribution in [2.75, 3.05) is 0 Å². The number of hydrogen-bond donors (Lipinski definition) is 2. The predicted molar refractivity (Wildman–Crippen MR) is 78.6 cm³/mol. The summed E-state index contributed by atoms with van der Waals surface area (Å²) >= 11 is 0. The van der Waals surface area contributed by atoms with E-state index in [0.717, 1.165) is 6.07 Å². The van der Waals surface area contributed by atoms with Crippen molar-refractivity contribution in [3.8, 4) is 0 Å². The highest BCUT2D eigenvalue weighted by atomic mass is 19.2. The summed E-state index contributed by atoms with van der Waals surface area (Å²) in [7, 11) is 0. The van der Waals surface area contributed by atoms with Crippen LogP contribution in [0.25, 0.3) is 0 Å². The molecule has 1 aliphatic rings. The van der Waals surface area contributed by atoms with Gasteiger partial charge in [-0.3, -0.25) is 9.78 Å². The summed E-state index contributed by atoms with van der Waals surface area (Å²) in [6.45, 7) is 0. The summed E-state index contributed by atoms with van der Waals surface area (Å²) in [6.07, 6.45) is 1.48. The second-order valence-corrected chi connectivity index (χ2v) is 5.43. The van der Waals surface area contributed by atoms with Crippen molar-refractivity contribution in [1.29, 1.82) is 0 Å². The van der Waals surface area contributed by atoms with Crippen LogP contribution in [-0.4, -0.2) is 27.0 Å². The van der Waals surface area contributed by atoms with Crippen molar-refractivity contribution in [2.24, 2.45) is 0 Å². The van der Waals surface area contributed by atoms with Crippen molar-refractivity contribution in [2.45, 2.75) is 24.8 Å². The number of benzene rings is 1. The molecule has 6 nitrogen and oxygen atoms in total. The largest absolute Gasteiger partial charge is 0.465 e. The number of Topliss-reactive ketones (excluding diaryl/α,β-unsaturated/α-hetero) is 1. The number of hydrogen-bond acceptors (Lipinski definition) is 4. The Labute approximate surface area is 135 Å². The summed E-state index contributed by atoms with van der Waals surface area (Å²) < 4.78 is 27.8. The Bertz CT molecular complexity index is 813. The Morgan fingerprint density at radius 1 is 1.25 bits per heavy atom. The molecule has 2 N–H and O–H groups in total. The van der Waals surface area contributed by atoms with E-state index in [9.17, 15) is 18.4 Å². The van der Waals surface area contributed by atoms with Gasteiger partial charge in [0, 0.05) is 24.7 Å². The van der Waals surface area contributed by atoms with E-state index in [4.69, 9.17) is 5.11 Å². The first-order valence-electron chi connectivity index (χ1n) is 7.26. The Hall–Kier alpha value is -2.90. The molecule has 0 saturated carbocycles. The molecule has 2 atom stereocenters. The highest BCUT2D eigenvalue weighted by Crippen LogP contribution is 2.39. The Kier molecular flexibility index (Phi) is 4.20. The molecule has 1 heterocycles. The van der Waals surface area contributed by atoms with E-state index in [0.29, 0.717) is 0 Å². The molecule has 1 aliphatic carbocycles. The third-order valence-electron chi connectivity index (χ3n) is 4.03. The summed E-state index contributed by atoms with van der Waals surface area (Å²) in [4.78, 5) is 31.4. The van der Waals surface area contributed by atoms with Gasteiger partial charge in [0.15, 0.2) is 17.4 Å². The second-order valence-electron chi connectivity index (χ2n) is 5.43. The molecule has 0 saturated heterocycles. The Morgan fingerprint density at radius 2 is 2.00 bits per heavy atom. The lowest BCUT2D eigenvalue weighted by atomic mass is 9.86. The summed E-state index contributed by atoms with van der Waals surface area (Å²) in [5, 5.41) is 11.4. The van der Waals surface area contributed by atoms with Crippen molar-refractivity contribution in [3.05, 3.63) is 59.2 Å². The van der Waals surface area contributed by atoms with Crippen LogP contribution in [0.5, 0.6) is 0 Å². The van der Waals surface area contributed by atoms with Gasteiger partial charge in [0.05, 0.1) is 11.7 Å². The SMILES string of the molecule is O=C(O)N[C@@H]1c2nccnc2C(=O)CC[C@@H]1c1cccc(F)c1F. The predicted octanol–water partition coefficient (Wildman–Crippen LogP) is 2.82. The van der Waals surface area contributed by atoms with Crippen LogP contribution in [0.3, 0.4) is 0 Å². The van der Waals surface area contributed by atoms with E-state index in [1.54, 1.807) is 0 Å². The zero-order valence-corrected chi connectivity index (χ0v) is 12.4. The molecule has 1 aromatic carbocycles. The quantitative estimate of drug-likeness (QED) is 0.825. The molecule has 0 fully saturated rings. The van der Waals surface area contributed by atoms with Crippen molar-refractivity contribution in [1.82, 2.24) is 15.3 Å². The van der Waals surface area contributed by atoms with Gasteiger partial charge in [0.1, 0.15) is 5.69 Å². The first kappa shape index (κ1) is 16.0. The highest BCUT2D eigenvalue weighted by Gasteiger charge is 2.36. The van der Waals surface area contributed by atoms with Crippen molar-refractivity contribution < 1.29 is 23.5 Å². The smallest absolute Gasteiger partial charge is 0.405 e. The molecule has 0 radical (unpaired) electrons. The molecule has 2 aromatic rings. The lowest BCUT2D eigenvalue weighted by molar-refractivity contribution is 0.0975. The minimum absolute atomic E-state index is 0.0000491. The van der Waals surface area contributed by atoms with E-state index < -0.39 is 29.7 Å². The molecule has 0 spiro atoms. The van der Waals surface area contributed by atoms with Crippen LogP contribution in [0, 0.1) is 11.6 Å². The maximum Gasteiger partial charge on any atom is 0.405 e. The van der Waals surface area contributed by atoms with E-state index in [2.05, 4.69) is 15.3 Å². The molecular formula is C16H13F2N3O3. The van der Waals surface area contributed by atoms with E-state index in [1.807, 2.05) is 0 Å². The number of carbonyl (C=O) groups excluding carboxylic acids is 1. The van der Waals surface area contributed by atoms with Gasteiger partial charge in [-0.25, -0.2) is 18.6 Å². The number of carboxylic acid groups (broad SMARTS) is 1. The first-order chi connectivity index (χ1) is 11.5. The van der Waals surface area contributed by atoms with Crippen LogP contribution >= 0.6 is 0 Å². The van der Waals surface area contributed by atoms with E-state index >= 15 is 0 Å². The van der Waals surface area contributed by atoms with Gasteiger partial charge in [-0.15, -0.1) is 0 Å². The number of carbonyl (C=O) groups is 2. The third kappa shape index (κ3) is 2.82. The topological polar surface area (TPSA) is 92.2 Å². The average Bonchev–Trinajstić information content (AvgIpc) is 2.69. The highest BCUT2D eigenvalue weighted by molar-refractivity contribution is 5.96. The van der Waals surface area contributed by atoms with Gasteiger partial charge >= 0.3 is 6.09 Å². The van der Waals surface area contributed by atoms with Gasteiger partial charge in [-0.05, 0) is 18.1 Å². The number of aromatic nitrogens is 2. The minimum Gasteiger partial charge on any atom is -0.465 e. The molecule has 1 amide bonds. The number of ketones is 1. The van der Waals surface area contributed by atoms with Crippen LogP contribution in [-0.2, 0) is 0 Å². The average molecular weight is 333 g/mol. The summed E-state index contributed by atoms with van der Waals surface area (Å²) in [5.41, 5.74) is 0.173. The molecule has 0 unspecified atom stereocenters. The van der Waals surface area contributed by atoms with Crippen molar-refractivity contribution in [3.63, 3.8) is 0 Å². The zero-order valence-electron chi connectivity index (χ0n) is 12.4. The van der Waals surface area contributed by atoms with Crippen LogP contribution in [0.15, 0.2) is 30.6 Å². The fourth-order valence-corrected chi connectivity index (χ4v) is 3.00. The number of fused-ring (bicyclic) bond motifs is 1. The summed E-state index contributed by atoms with van der Waals surface area (Å²) in [6, 6.07) is 2.70. The third-order valence-corrected chi connectivity index (χ3v) is 4.03. The minimum atomic E-state index is -1.35. The fourth-order valence-electron chi connectivity index (χ4n) is 3.00. The normalized spacial score (nSPS) is 20.2. The van der Waals surface area contributed by atoms with Crippen LogP contribution in [0.4, 0.5) is 13.6 Å². The van der Waals surface area contributed by atoms with Crippen LogP contribution in [0.1, 0.15) is 46.5 Å². The Balaban J connectivity index is 2.16. The molecule has 24 heavy (non-hydrogen) atoms. The molecule has 3 rings (SSSR count). The number of nitrogens with one attached hydrogen (secondary N) is 1. The van der Waals surface area contributed by atoms with E-state index in [-0.39, 0.29) is 35.6 Å². The first-order valence-corrected chi connectivity index (χ1v) is 7.26. The molecule has 0 bridgehead atoms. The zero-order chi connectivity index (χ0) is 17.3. The number of nitrogens with zero attached hydrogens (tertiary/aromatic N) is 2. The van der Waals surface area contributed by atoms with Gasteiger partial charge in [0.25, 0.3) is 0 Å². The number of rotatable bonds is 2. The lowest BCUT2D eigenvalue weighted by Gasteiger charge is -2.25. The van der Waals surface area contributed by atoms with Gasteiger partial charge in [-0.2, -0.15) is 0 Å². The molecule has 1 aromatic heterocycles. The monoisotopic (exact) mass is 333 g/mol. The van der Waals surface area contributed by atoms with Crippen LogP contribution in [0.2, 0.25) is 0 Å². The fraction of sp³-hybridized carbons (Fsp3) is 0.250. The maximum atomic E-state index is 14.2. The lowest BCUT2D eigenvalue weighted by Crippen LogP contribution is -2.32.